The summed E-state index contributed by atoms with van der Waals surface area (Å²) < 4.78 is 8.81. The first kappa shape index (κ1) is 11.9. The molecule has 2 unspecified atom stereocenters. The normalized spacial score (nSPS) is 14.7. The highest BCUT2D eigenvalue weighted by atomic mass is 79.9. The molecule has 0 aromatic rings. The lowest BCUT2D eigenvalue weighted by atomic mass is 10.3. The topological polar surface area (TPSA) is 52.6 Å². The van der Waals surface area contributed by atoms with E-state index in [1.807, 2.05) is 0 Å². The Bertz CT molecular complexity index is 162. The number of rotatable bonds is 3. The molecule has 0 fully saturated rings. The van der Waals surface area contributed by atoms with Gasteiger partial charge in [-0.15, -0.1) is 0 Å². The molecule has 0 aromatic carbocycles. The van der Waals surface area contributed by atoms with E-state index in [1.54, 1.807) is 0 Å². The molecule has 70 valence electrons. The fourth-order valence-electron chi connectivity index (χ4n) is 0.464. The minimum absolute atomic E-state index is 0.526. The predicted molar refractivity (Wildman–Crippen MR) is 49.5 cm³/mol. The van der Waals surface area contributed by atoms with Crippen LogP contribution >= 0.6 is 31.9 Å². The Labute approximate surface area is 86.8 Å². The van der Waals surface area contributed by atoms with Crippen LogP contribution in [0.3, 0.4) is 0 Å². The van der Waals surface area contributed by atoms with Gasteiger partial charge >= 0.3 is 11.9 Å². The summed E-state index contributed by atoms with van der Waals surface area (Å²) in [5.41, 5.74) is 0. The second-order valence-electron chi connectivity index (χ2n) is 1.85. The molecule has 0 radical (unpaired) electrons. The Balaban J connectivity index is 4.18. The monoisotopic (exact) mass is 302 g/mol. The van der Waals surface area contributed by atoms with Gasteiger partial charge < -0.3 is 9.47 Å². The highest BCUT2D eigenvalue weighted by Gasteiger charge is 2.30. The summed E-state index contributed by atoms with van der Waals surface area (Å²) in [6.07, 6.45) is 0. The second-order valence-corrected chi connectivity index (χ2v) is 3.82. The average Bonchev–Trinajstić information content (AvgIpc) is 2.12. The molecule has 12 heavy (non-hydrogen) atoms. The van der Waals surface area contributed by atoms with Gasteiger partial charge in [0, 0.05) is 0 Å². The molecule has 0 saturated heterocycles. The molecule has 0 aliphatic rings. The molecule has 4 nitrogen and oxygen atoms in total. The molecule has 6 heteroatoms. The lowest BCUT2D eigenvalue weighted by Crippen LogP contribution is -2.32. The van der Waals surface area contributed by atoms with Crippen molar-refractivity contribution in [1.29, 1.82) is 0 Å². The number of hydrogen-bond donors (Lipinski definition) is 0. The summed E-state index contributed by atoms with van der Waals surface area (Å²) in [7, 11) is 2.49. The molecule has 0 spiro atoms. The zero-order chi connectivity index (χ0) is 9.72. The Morgan fingerprint density at radius 1 is 1.00 bits per heavy atom. The van der Waals surface area contributed by atoms with Crippen molar-refractivity contribution in [3.63, 3.8) is 0 Å². The molecule has 2 atom stereocenters. The van der Waals surface area contributed by atoms with Crippen molar-refractivity contribution in [2.24, 2.45) is 0 Å². The van der Waals surface area contributed by atoms with Gasteiger partial charge in [-0.2, -0.15) is 0 Å². The Morgan fingerprint density at radius 2 is 1.25 bits per heavy atom. The second kappa shape index (κ2) is 5.53. The van der Waals surface area contributed by atoms with Gasteiger partial charge in [0.25, 0.3) is 0 Å². The molecule has 0 bridgehead atoms. The van der Waals surface area contributed by atoms with Gasteiger partial charge in [0.2, 0.25) is 0 Å². The lowest BCUT2D eigenvalue weighted by molar-refractivity contribution is -0.145. The molecule has 0 amide bonds. The van der Waals surface area contributed by atoms with Crippen LogP contribution in [0.25, 0.3) is 0 Å². The third-order valence-electron chi connectivity index (χ3n) is 1.11. The summed E-state index contributed by atoms with van der Waals surface area (Å²) >= 11 is 5.98. The molecular weight excluding hydrogens is 296 g/mol. The molecule has 0 heterocycles. The summed E-state index contributed by atoms with van der Waals surface area (Å²) in [6.45, 7) is 0. The van der Waals surface area contributed by atoms with Crippen LogP contribution in [0.15, 0.2) is 0 Å². The van der Waals surface area contributed by atoms with E-state index in [1.165, 1.54) is 14.2 Å². The van der Waals surface area contributed by atoms with Crippen molar-refractivity contribution in [3.8, 4) is 0 Å². The van der Waals surface area contributed by atoms with Gasteiger partial charge in [-0.3, -0.25) is 9.59 Å². The highest BCUT2D eigenvalue weighted by Crippen LogP contribution is 2.16. The number of ether oxygens (including phenoxy) is 2. The number of carbonyl (C=O) groups is 2. The first-order valence-corrected chi connectivity index (χ1v) is 4.81. The summed E-state index contributed by atoms with van der Waals surface area (Å²) in [5.74, 6) is -1.05. The van der Waals surface area contributed by atoms with E-state index < -0.39 is 21.6 Å². The van der Waals surface area contributed by atoms with E-state index in [2.05, 4.69) is 41.3 Å². The standard InChI is InChI=1S/C6H8Br2O4/c1-11-5(9)3(7)4(8)6(10)12-2/h3-4H,1-2H3. The maximum atomic E-state index is 10.9. The molecule has 0 saturated carbocycles. The Hall–Kier alpha value is -0.100. The number of carbonyl (C=O) groups excluding carboxylic acids is 2. The van der Waals surface area contributed by atoms with E-state index in [0.29, 0.717) is 0 Å². The Morgan fingerprint density at radius 3 is 1.42 bits per heavy atom. The number of methoxy groups -OCH3 is 2. The van der Waals surface area contributed by atoms with Gasteiger partial charge in [-0.05, 0) is 0 Å². The van der Waals surface area contributed by atoms with Crippen molar-refractivity contribution in [2.75, 3.05) is 14.2 Å². The SMILES string of the molecule is COC(=O)C(Br)C(Br)C(=O)OC. The van der Waals surface area contributed by atoms with Gasteiger partial charge in [-0.25, -0.2) is 0 Å². The predicted octanol–water partition coefficient (Wildman–Crippen LogP) is 0.859. The van der Waals surface area contributed by atoms with Gasteiger partial charge in [0.1, 0.15) is 9.65 Å². The van der Waals surface area contributed by atoms with Gasteiger partial charge in [0.05, 0.1) is 14.2 Å². The van der Waals surface area contributed by atoms with E-state index in [0.717, 1.165) is 0 Å². The first-order chi connectivity index (χ1) is 5.54. The zero-order valence-electron chi connectivity index (χ0n) is 6.54. The van der Waals surface area contributed by atoms with Crippen molar-refractivity contribution in [3.05, 3.63) is 0 Å². The minimum atomic E-state index is -0.727. The van der Waals surface area contributed by atoms with Crippen LogP contribution in [0.2, 0.25) is 0 Å². The quantitative estimate of drug-likeness (QED) is 0.573. The van der Waals surface area contributed by atoms with Crippen molar-refractivity contribution in [1.82, 2.24) is 0 Å². The fraction of sp³-hybridized carbons (Fsp3) is 0.667. The van der Waals surface area contributed by atoms with Gasteiger partial charge in [0.15, 0.2) is 0 Å². The van der Waals surface area contributed by atoms with Crippen LogP contribution in [-0.2, 0) is 19.1 Å². The number of esters is 2. The lowest BCUT2D eigenvalue weighted by Gasteiger charge is -2.11. The minimum Gasteiger partial charge on any atom is -0.468 e. The van der Waals surface area contributed by atoms with E-state index in [4.69, 9.17) is 0 Å². The van der Waals surface area contributed by atoms with Crippen LogP contribution in [0.5, 0.6) is 0 Å². The molecule has 0 aliphatic carbocycles. The third-order valence-corrected chi connectivity index (χ3v) is 3.62. The molecule has 0 N–H and O–H groups in total. The summed E-state index contributed by atoms with van der Waals surface area (Å²) in [4.78, 5) is 20.3. The van der Waals surface area contributed by atoms with Crippen LogP contribution < -0.4 is 0 Å². The average molecular weight is 304 g/mol. The Kier molecular flexibility index (Phi) is 5.48. The zero-order valence-corrected chi connectivity index (χ0v) is 9.72. The summed E-state index contributed by atoms with van der Waals surface area (Å²) in [6, 6.07) is 0. The largest absolute Gasteiger partial charge is 0.468 e. The van der Waals surface area contributed by atoms with Crippen LogP contribution in [0, 0.1) is 0 Å². The molecule has 0 aromatic heterocycles. The van der Waals surface area contributed by atoms with E-state index in [9.17, 15) is 9.59 Å². The van der Waals surface area contributed by atoms with Crippen molar-refractivity contribution < 1.29 is 19.1 Å². The van der Waals surface area contributed by atoms with Crippen molar-refractivity contribution >= 4 is 43.8 Å². The number of hydrogen-bond acceptors (Lipinski definition) is 4. The van der Waals surface area contributed by atoms with E-state index in [-0.39, 0.29) is 0 Å². The van der Waals surface area contributed by atoms with E-state index >= 15 is 0 Å². The maximum Gasteiger partial charge on any atom is 0.321 e. The van der Waals surface area contributed by atoms with Crippen LogP contribution in [-0.4, -0.2) is 35.8 Å². The highest BCUT2D eigenvalue weighted by molar-refractivity contribution is 9.12. The van der Waals surface area contributed by atoms with Gasteiger partial charge in [-0.1, -0.05) is 31.9 Å². The third kappa shape index (κ3) is 3.10. The molecule has 0 rings (SSSR count). The maximum absolute atomic E-state index is 10.9. The number of alkyl halides is 2. The van der Waals surface area contributed by atoms with Crippen LogP contribution in [0.4, 0.5) is 0 Å². The smallest absolute Gasteiger partial charge is 0.321 e. The fourth-order valence-corrected chi connectivity index (χ4v) is 1.27. The molecular formula is C6H8Br2O4. The van der Waals surface area contributed by atoms with Crippen molar-refractivity contribution in [2.45, 2.75) is 9.65 Å². The number of halogens is 2. The summed E-state index contributed by atoms with van der Waals surface area (Å²) in [5, 5.41) is 0. The molecule has 0 aliphatic heterocycles. The van der Waals surface area contributed by atoms with Crippen LogP contribution in [0.1, 0.15) is 0 Å². The first-order valence-electron chi connectivity index (χ1n) is 2.98.